The van der Waals surface area contributed by atoms with Crippen molar-refractivity contribution < 1.29 is 23.8 Å². The van der Waals surface area contributed by atoms with Crippen molar-refractivity contribution in [1.29, 1.82) is 0 Å². The first kappa shape index (κ1) is 10.2. The van der Waals surface area contributed by atoms with Gasteiger partial charge in [0.15, 0.2) is 17.1 Å². The average molecular weight is 204 g/mol. The third-order valence-corrected chi connectivity index (χ3v) is 1.47. The maximum atomic E-state index is 12.2. The van der Waals surface area contributed by atoms with Crippen molar-refractivity contribution in [2.75, 3.05) is 5.73 Å². The Morgan fingerprint density at radius 2 is 2.14 bits per heavy atom. The molecular formula is C7H6F2N2O3. The number of nitrogens with two attached hydrogens (primary N) is 1. The van der Waals surface area contributed by atoms with Crippen molar-refractivity contribution in [3.8, 4) is 5.75 Å². The van der Waals surface area contributed by atoms with Gasteiger partial charge in [-0.05, 0) is 6.07 Å². The van der Waals surface area contributed by atoms with Gasteiger partial charge in [0.05, 0.1) is 5.69 Å². The molecule has 0 saturated heterocycles. The molecule has 0 aliphatic carbocycles. The normalized spacial score (nSPS) is 10.5. The quantitative estimate of drug-likeness (QED) is 0.667. The Morgan fingerprint density at radius 1 is 1.57 bits per heavy atom. The van der Waals surface area contributed by atoms with Gasteiger partial charge in [0.25, 0.3) is 6.43 Å². The second-order valence-electron chi connectivity index (χ2n) is 2.44. The van der Waals surface area contributed by atoms with Crippen LogP contribution < -0.4 is 5.73 Å². The Bertz CT molecular complexity index is 381. The molecule has 0 atom stereocenters. The maximum Gasteiger partial charge on any atom is 0.354 e. The topological polar surface area (TPSA) is 96.4 Å². The number of alkyl halides is 2. The average Bonchev–Trinajstić information content (AvgIpc) is 2.08. The van der Waals surface area contributed by atoms with Crippen LogP contribution in [-0.4, -0.2) is 21.2 Å². The van der Waals surface area contributed by atoms with Crippen molar-refractivity contribution in [1.82, 2.24) is 4.98 Å². The number of carboxylic acids is 1. The predicted octanol–water partition coefficient (Wildman–Crippen LogP) is 1.01. The fraction of sp³-hybridized carbons (Fsp3) is 0.143. The molecule has 1 rings (SSSR count). The van der Waals surface area contributed by atoms with Crippen LogP contribution in [0.15, 0.2) is 6.07 Å². The summed E-state index contributed by atoms with van der Waals surface area (Å²) in [6.07, 6.45) is -3.07. The van der Waals surface area contributed by atoms with E-state index in [4.69, 9.17) is 15.9 Å². The predicted molar refractivity (Wildman–Crippen MR) is 42.2 cm³/mol. The molecule has 0 aromatic carbocycles. The molecule has 0 aliphatic heterocycles. The monoisotopic (exact) mass is 204 g/mol. The summed E-state index contributed by atoms with van der Waals surface area (Å²) in [5.74, 6) is -2.37. The molecule has 76 valence electrons. The van der Waals surface area contributed by atoms with Gasteiger partial charge in [0, 0.05) is 0 Å². The highest BCUT2D eigenvalue weighted by Gasteiger charge is 2.20. The molecule has 1 aromatic rings. The minimum atomic E-state index is -3.07. The van der Waals surface area contributed by atoms with Gasteiger partial charge in [-0.2, -0.15) is 0 Å². The molecule has 0 spiro atoms. The van der Waals surface area contributed by atoms with E-state index in [1.807, 2.05) is 0 Å². The number of pyridine rings is 1. The van der Waals surface area contributed by atoms with Gasteiger partial charge >= 0.3 is 5.97 Å². The molecule has 0 saturated carbocycles. The number of hydrogen-bond donors (Lipinski definition) is 3. The van der Waals surface area contributed by atoms with Crippen molar-refractivity contribution in [3.05, 3.63) is 17.5 Å². The lowest BCUT2D eigenvalue weighted by molar-refractivity contribution is 0.0688. The fourth-order valence-corrected chi connectivity index (χ4v) is 0.840. The molecule has 7 heteroatoms. The summed E-state index contributed by atoms with van der Waals surface area (Å²) >= 11 is 0. The number of nitrogen functional groups attached to an aromatic ring is 1. The highest BCUT2D eigenvalue weighted by atomic mass is 19.3. The van der Waals surface area contributed by atoms with E-state index in [0.717, 1.165) is 6.07 Å². The molecule has 0 radical (unpaired) electrons. The Kier molecular flexibility index (Phi) is 2.50. The fourth-order valence-electron chi connectivity index (χ4n) is 0.840. The van der Waals surface area contributed by atoms with Crippen LogP contribution in [0, 0.1) is 0 Å². The molecule has 1 heterocycles. The van der Waals surface area contributed by atoms with Gasteiger partial charge in [0.1, 0.15) is 0 Å². The number of anilines is 1. The van der Waals surface area contributed by atoms with Crippen LogP contribution in [0.5, 0.6) is 5.75 Å². The Balaban J connectivity index is 3.35. The number of carboxylic acid groups (broad SMARTS) is 1. The molecule has 0 amide bonds. The minimum absolute atomic E-state index is 0.437. The van der Waals surface area contributed by atoms with Crippen LogP contribution in [0.1, 0.15) is 22.6 Å². The summed E-state index contributed by atoms with van der Waals surface area (Å²) in [5, 5.41) is 17.5. The summed E-state index contributed by atoms with van der Waals surface area (Å²) in [5.41, 5.74) is 3.02. The van der Waals surface area contributed by atoms with E-state index >= 15 is 0 Å². The number of aromatic carboxylic acids is 1. The lowest BCUT2D eigenvalue weighted by Crippen LogP contribution is -2.05. The maximum absolute atomic E-state index is 12.2. The van der Waals surface area contributed by atoms with E-state index in [0.29, 0.717) is 0 Å². The van der Waals surface area contributed by atoms with Gasteiger partial charge in [-0.1, -0.05) is 0 Å². The van der Waals surface area contributed by atoms with Crippen molar-refractivity contribution in [2.45, 2.75) is 6.43 Å². The zero-order valence-electron chi connectivity index (χ0n) is 6.74. The highest BCUT2D eigenvalue weighted by Crippen LogP contribution is 2.31. The van der Waals surface area contributed by atoms with Gasteiger partial charge in [0.2, 0.25) is 0 Å². The number of carbonyl (C=O) groups is 1. The SMILES string of the molecule is Nc1cc(C(=O)O)nc(C(F)F)c1O. The van der Waals surface area contributed by atoms with E-state index in [-0.39, 0.29) is 0 Å². The molecule has 0 fully saturated rings. The van der Waals surface area contributed by atoms with E-state index in [1.165, 1.54) is 0 Å². The molecule has 0 unspecified atom stereocenters. The lowest BCUT2D eigenvalue weighted by atomic mass is 10.2. The van der Waals surface area contributed by atoms with E-state index in [9.17, 15) is 13.6 Å². The summed E-state index contributed by atoms with van der Waals surface area (Å²) in [7, 11) is 0. The summed E-state index contributed by atoms with van der Waals surface area (Å²) < 4.78 is 24.4. The third kappa shape index (κ3) is 1.70. The number of hydrogen-bond acceptors (Lipinski definition) is 4. The standard InChI is InChI=1S/C7H6F2N2O3/c8-6(9)4-5(12)2(10)1-3(11-4)7(13)14/h1,6,12H,(H2,10,11)(H,13,14). The number of halogens is 2. The molecule has 5 nitrogen and oxygen atoms in total. The molecule has 0 aliphatic rings. The largest absolute Gasteiger partial charge is 0.504 e. The van der Waals surface area contributed by atoms with Crippen molar-refractivity contribution >= 4 is 11.7 Å². The van der Waals surface area contributed by atoms with Crippen LogP contribution in [0.3, 0.4) is 0 Å². The summed E-state index contributed by atoms with van der Waals surface area (Å²) in [6.45, 7) is 0. The number of rotatable bonds is 2. The first-order chi connectivity index (χ1) is 6.43. The van der Waals surface area contributed by atoms with Gasteiger partial charge in [-0.3, -0.25) is 0 Å². The smallest absolute Gasteiger partial charge is 0.354 e. The second-order valence-corrected chi connectivity index (χ2v) is 2.44. The van der Waals surface area contributed by atoms with Crippen LogP contribution in [0.25, 0.3) is 0 Å². The van der Waals surface area contributed by atoms with E-state index in [2.05, 4.69) is 4.98 Å². The Hall–Kier alpha value is -1.92. The minimum Gasteiger partial charge on any atom is -0.504 e. The van der Waals surface area contributed by atoms with Crippen molar-refractivity contribution in [2.24, 2.45) is 0 Å². The lowest BCUT2D eigenvalue weighted by Gasteiger charge is -2.06. The molecule has 14 heavy (non-hydrogen) atoms. The molecule has 1 aromatic heterocycles. The summed E-state index contributed by atoms with van der Waals surface area (Å²) in [4.78, 5) is 13.4. The van der Waals surface area contributed by atoms with Gasteiger partial charge < -0.3 is 15.9 Å². The van der Waals surface area contributed by atoms with Crippen LogP contribution >= 0.6 is 0 Å². The van der Waals surface area contributed by atoms with E-state index in [1.54, 1.807) is 0 Å². The molecule has 0 bridgehead atoms. The van der Waals surface area contributed by atoms with Crippen molar-refractivity contribution in [3.63, 3.8) is 0 Å². The van der Waals surface area contributed by atoms with Crippen LogP contribution in [0.4, 0.5) is 14.5 Å². The van der Waals surface area contributed by atoms with Gasteiger partial charge in [-0.25, -0.2) is 18.6 Å². The first-order valence-electron chi connectivity index (χ1n) is 3.44. The second kappa shape index (κ2) is 3.44. The molecule has 4 N–H and O–H groups in total. The Labute approximate surface area is 76.8 Å². The van der Waals surface area contributed by atoms with Crippen LogP contribution in [-0.2, 0) is 0 Å². The first-order valence-corrected chi connectivity index (χ1v) is 3.44. The third-order valence-electron chi connectivity index (χ3n) is 1.47. The number of aromatic nitrogens is 1. The number of nitrogens with zero attached hydrogens (tertiary/aromatic N) is 1. The van der Waals surface area contributed by atoms with E-state index < -0.39 is 35.2 Å². The number of aromatic hydroxyl groups is 1. The zero-order chi connectivity index (χ0) is 10.9. The zero-order valence-corrected chi connectivity index (χ0v) is 6.74. The van der Waals surface area contributed by atoms with Crippen LogP contribution in [0.2, 0.25) is 0 Å². The summed E-state index contributed by atoms with van der Waals surface area (Å²) in [6, 6.07) is 0.809. The Morgan fingerprint density at radius 3 is 2.57 bits per heavy atom. The highest BCUT2D eigenvalue weighted by molar-refractivity contribution is 5.87. The molecular weight excluding hydrogens is 198 g/mol. The van der Waals surface area contributed by atoms with Gasteiger partial charge in [-0.15, -0.1) is 0 Å².